The molecule has 0 saturated carbocycles. The Morgan fingerprint density at radius 1 is 1.42 bits per heavy atom. The lowest BCUT2D eigenvalue weighted by molar-refractivity contribution is -0.141. The standard InChI is InChI=1S/C11H20N2O5S/c1-8(11(15)16)7-12-10(14)9-5-3-4-6-13(9)19(2,17)18/h8-9H,3-7H2,1-2H3,(H,12,14)(H,15,16)/t8-,9-/m1/s1. The van der Waals surface area contributed by atoms with E-state index in [4.69, 9.17) is 5.11 Å². The molecular weight excluding hydrogens is 272 g/mol. The molecule has 0 spiro atoms. The minimum atomic E-state index is -3.42. The van der Waals surface area contributed by atoms with Crippen LogP contribution in [0.5, 0.6) is 0 Å². The summed E-state index contributed by atoms with van der Waals surface area (Å²) in [6.45, 7) is 1.82. The molecule has 8 heteroatoms. The number of piperidine rings is 1. The summed E-state index contributed by atoms with van der Waals surface area (Å²) in [5.74, 6) is -2.11. The van der Waals surface area contributed by atoms with Crippen molar-refractivity contribution in [3.05, 3.63) is 0 Å². The molecule has 0 unspecified atom stereocenters. The molecule has 7 nitrogen and oxygen atoms in total. The van der Waals surface area contributed by atoms with Gasteiger partial charge in [-0.05, 0) is 12.8 Å². The van der Waals surface area contributed by atoms with Gasteiger partial charge in [0.25, 0.3) is 0 Å². The van der Waals surface area contributed by atoms with Gasteiger partial charge >= 0.3 is 5.97 Å². The van der Waals surface area contributed by atoms with Crippen LogP contribution in [-0.2, 0) is 19.6 Å². The second-order valence-corrected chi connectivity index (χ2v) is 6.80. The lowest BCUT2D eigenvalue weighted by atomic mass is 10.0. The van der Waals surface area contributed by atoms with Crippen molar-refractivity contribution in [3.63, 3.8) is 0 Å². The highest BCUT2D eigenvalue weighted by atomic mass is 32.2. The molecule has 0 aromatic rings. The third kappa shape index (κ3) is 4.46. The Labute approximate surface area is 113 Å². The fourth-order valence-corrected chi connectivity index (χ4v) is 3.15. The second kappa shape index (κ2) is 6.33. The van der Waals surface area contributed by atoms with Crippen LogP contribution in [0.15, 0.2) is 0 Å². The van der Waals surface area contributed by atoms with Crippen LogP contribution < -0.4 is 5.32 Å². The Hall–Kier alpha value is -1.15. The van der Waals surface area contributed by atoms with Gasteiger partial charge in [0, 0.05) is 13.1 Å². The van der Waals surface area contributed by atoms with Gasteiger partial charge in [0.1, 0.15) is 6.04 Å². The molecule has 0 radical (unpaired) electrons. The third-order valence-corrected chi connectivity index (χ3v) is 4.48. The maximum absolute atomic E-state index is 12.0. The first kappa shape index (κ1) is 15.9. The van der Waals surface area contributed by atoms with Gasteiger partial charge in [-0.1, -0.05) is 13.3 Å². The number of nitrogens with zero attached hydrogens (tertiary/aromatic N) is 1. The van der Waals surface area contributed by atoms with Gasteiger partial charge in [-0.25, -0.2) is 8.42 Å². The lowest BCUT2D eigenvalue weighted by Gasteiger charge is -2.32. The van der Waals surface area contributed by atoms with Gasteiger partial charge in [0.2, 0.25) is 15.9 Å². The largest absolute Gasteiger partial charge is 0.481 e. The smallest absolute Gasteiger partial charge is 0.308 e. The van der Waals surface area contributed by atoms with E-state index in [9.17, 15) is 18.0 Å². The molecule has 1 saturated heterocycles. The van der Waals surface area contributed by atoms with Gasteiger partial charge < -0.3 is 10.4 Å². The van der Waals surface area contributed by atoms with Crippen molar-refractivity contribution in [1.29, 1.82) is 0 Å². The molecular formula is C11H20N2O5S. The van der Waals surface area contributed by atoms with Gasteiger partial charge in [0.05, 0.1) is 12.2 Å². The molecule has 110 valence electrons. The highest BCUT2D eigenvalue weighted by molar-refractivity contribution is 7.88. The first-order chi connectivity index (χ1) is 8.73. The van der Waals surface area contributed by atoms with E-state index in [2.05, 4.69) is 5.32 Å². The molecule has 1 rings (SSSR count). The van der Waals surface area contributed by atoms with E-state index in [1.54, 1.807) is 0 Å². The van der Waals surface area contributed by atoms with Crippen molar-refractivity contribution in [2.24, 2.45) is 5.92 Å². The number of rotatable bonds is 5. The number of carbonyl (C=O) groups is 2. The summed E-state index contributed by atoms with van der Waals surface area (Å²) in [7, 11) is -3.42. The maximum atomic E-state index is 12.0. The third-order valence-electron chi connectivity index (χ3n) is 3.19. The van der Waals surface area contributed by atoms with E-state index in [0.29, 0.717) is 13.0 Å². The molecule has 1 aliphatic heterocycles. The van der Waals surface area contributed by atoms with Gasteiger partial charge in [-0.2, -0.15) is 4.31 Å². The molecule has 1 fully saturated rings. The quantitative estimate of drug-likeness (QED) is 0.720. The number of sulfonamides is 1. The lowest BCUT2D eigenvalue weighted by Crippen LogP contribution is -2.52. The Balaban J connectivity index is 2.65. The Kier molecular flexibility index (Phi) is 5.30. The monoisotopic (exact) mass is 292 g/mol. The van der Waals surface area contributed by atoms with Crippen LogP contribution in [0.3, 0.4) is 0 Å². The first-order valence-corrected chi connectivity index (χ1v) is 8.05. The summed E-state index contributed by atoms with van der Waals surface area (Å²) in [6, 6.07) is -0.718. The average molecular weight is 292 g/mol. The van der Waals surface area contributed by atoms with Crippen molar-refractivity contribution >= 4 is 21.9 Å². The zero-order valence-electron chi connectivity index (χ0n) is 11.1. The van der Waals surface area contributed by atoms with Crippen LogP contribution in [0.4, 0.5) is 0 Å². The van der Waals surface area contributed by atoms with Crippen LogP contribution in [0.2, 0.25) is 0 Å². The summed E-state index contributed by atoms with van der Waals surface area (Å²) >= 11 is 0. The molecule has 0 aromatic heterocycles. The van der Waals surface area contributed by atoms with Crippen LogP contribution in [-0.4, -0.2) is 55.1 Å². The Morgan fingerprint density at radius 2 is 2.05 bits per heavy atom. The summed E-state index contributed by atoms with van der Waals surface area (Å²) < 4.78 is 24.4. The predicted molar refractivity (Wildman–Crippen MR) is 69.0 cm³/mol. The minimum absolute atomic E-state index is 0.00225. The minimum Gasteiger partial charge on any atom is -0.481 e. The van der Waals surface area contributed by atoms with Gasteiger partial charge in [-0.15, -0.1) is 0 Å². The number of hydrogen-bond donors (Lipinski definition) is 2. The van der Waals surface area contributed by atoms with Crippen LogP contribution >= 0.6 is 0 Å². The van der Waals surface area contributed by atoms with Crippen LogP contribution in [0, 0.1) is 5.92 Å². The number of hydrogen-bond acceptors (Lipinski definition) is 4. The topological polar surface area (TPSA) is 104 Å². The van der Waals surface area contributed by atoms with E-state index in [-0.39, 0.29) is 6.54 Å². The van der Waals surface area contributed by atoms with E-state index in [1.165, 1.54) is 11.2 Å². The highest BCUT2D eigenvalue weighted by Crippen LogP contribution is 2.19. The number of carbonyl (C=O) groups excluding carboxylic acids is 1. The summed E-state index contributed by atoms with van der Waals surface area (Å²) in [4.78, 5) is 22.6. The second-order valence-electron chi connectivity index (χ2n) is 4.87. The predicted octanol–water partition coefficient (Wildman–Crippen LogP) is -0.363. The Bertz CT molecular complexity index is 448. The normalized spacial score (nSPS) is 22.7. The summed E-state index contributed by atoms with van der Waals surface area (Å²) in [5, 5.41) is 11.2. The molecule has 1 aliphatic rings. The molecule has 0 bridgehead atoms. The van der Waals surface area contributed by atoms with E-state index in [0.717, 1.165) is 19.1 Å². The number of carboxylic acid groups (broad SMARTS) is 1. The number of carboxylic acids is 1. The molecule has 2 N–H and O–H groups in total. The van der Waals surface area contributed by atoms with E-state index < -0.39 is 33.9 Å². The maximum Gasteiger partial charge on any atom is 0.308 e. The van der Waals surface area contributed by atoms with Crippen LogP contribution in [0.25, 0.3) is 0 Å². The van der Waals surface area contributed by atoms with Crippen molar-refractivity contribution in [1.82, 2.24) is 9.62 Å². The number of nitrogens with one attached hydrogen (secondary N) is 1. The molecule has 19 heavy (non-hydrogen) atoms. The van der Waals surface area contributed by atoms with Crippen molar-refractivity contribution in [2.45, 2.75) is 32.2 Å². The molecule has 0 aromatic carbocycles. The van der Waals surface area contributed by atoms with Gasteiger partial charge in [0.15, 0.2) is 0 Å². The molecule has 0 aliphatic carbocycles. The average Bonchev–Trinajstić information content (AvgIpc) is 2.34. The van der Waals surface area contributed by atoms with Gasteiger partial charge in [-0.3, -0.25) is 9.59 Å². The molecule has 2 atom stereocenters. The zero-order valence-corrected chi connectivity index (χ0v) is 11.9. The first-order valence-electron chi connectivity index (χ1n) is 6.21. The summed E-state index contributed by atoms with van der Waals surface area (Å²) in [6.07, 6.45) is 3.08. The van der Waals surface area contributed by atoms with Crippen molar-refractivity contribution in [3.8, 4) is 0 Å². The summed E-state index contributed by atoms with van der Waals surface area (Å²) in [5.41, 5.74) is 0. The SMILES string of the molecule is C[C@H](CNC(=O)[C@H]1CCCCN1S(C)(=O)=O)C(=O)O. The fourth-order valence-electron chi connectivity index (χ4n) is 2.02. The number of aliphatic carboxylic acids is 1. The van der Waals surface area contributed by atoms with Crippen molar-refractivity contribution < 1.29 is 23.1 Å². The number of amides is 1. The van der Waals surface area contributed by atoms with Crippen molar-refractivity contribution in [2.75, 3.05) is 19.3 Å². The van der Waals surface area contributed by atoms with E-state index >= 15 is 0 Å². The molecule has 1 heterocycles. The highest BCUT2D eigenvalue weighted by Gasteiger charge is 2.34. The Morgan fingerprint density at radius 3 is 2.58 bits per heavy atom. The molecule has 1 amide bonds. The zero-order chi connectivity index (χ0) is 14.6. The van der Waals surface area contributed by atoms with E-state index in [1.807, 2.05) is 0 Å². The van der Waals surface area contributed by atoms with Crippen LogP contribution in [0.1, 0.15) is 26.2 Å². The fraction of sp³-hybridized carbons (Fsp3) is 0.818.